The second kappa shape index (κ2) is 26.8. The van der Waals surface area contributed by atoms with E-state index < -0.39 is 7.12 Å². The molecule has 0 saturated heterocycles. The number of para-hydroxylation sites is 1. The molecule has 3 heterocycles. The molecule has 7 nitrogen and oxygen atoms in total. The molecule has 10 heteroatoms. The average molecular weight is 943 g/mol. The molecule has 3 aliphatic rings. The molecule has 368 valence electrons. The Balaban J connectivity index is 0.000000171. The summed E-state index contributed by atoms with van der Waals surface area (Å²) in [5.74, 6) is 2.84. The van der Waals surface area contributed by atoms with Crippen LogP contribution in [0.15, 0.2) is 127 Å². The van der Waals surface area contributed by atoms with Crippen LogP contribution >= 0.6 is 0 Å². The van der Waals surface area contributed by atoms with Crippen LogP contribution in [0, 0.1) is 0 Å². The van der Waals surface area contributed by atoms with Crippen molar-refractivity contribution < 1.29 is 33.9 Å². The molecular weight excluding hydrogens is 865 g/mol. The fourth-order valence-corrected chi connectivity index (χ4v) is 9.57. The van der Waals surface area contributed by atoms with E-state index in [1.54, 1.807) is 0 Å². The molecule has 0 saturated carbocycles. The molecule has 0 radical (unpaired) electrons. The molecule has 0 aromatic heterocycles. The van der Waals surface area contributed by atoms with Gasteiger partial charge in [-0.1, -0.05) is 128 Å². The van der Waals surface area contributed by atoms with Gasteiger partial charge in [-0.25, -0.2) is 0 Å². The van der Waals surface area contributed by atoms with E-state index in [4.69, 9.17) is 18.9 Å². The maximum absolute atomic E-state index is 10.2. The van der Waals surface area contributed by atoms with Crippen LogP contribution < -0.4 is 30.6 Å². The van der Waals surface area contributed by atoms with Crippen molar-refractivity contribution >= 4 is 37.3 Å². The standard InChI is InChI=1S/2C20H25BO2.C19H23BO3.CH4/c1-15(2)23-19-11-8-16(9-12-19)5-6-17-7-10-18-4-3-13-21(22)20(18)14-17;1-15(2)23-20-8-4-3-6-18(20)12-10-16-9-11-17-7-5-13-21(22)19(17)14-16;1-14(2)23-18-5-3-4-15(12-18)6-7-16-8-9-17-10-11-22-20(21)19(17)13-16;/h7-12,14-15,22H,3-6,13H2,1-2H3;3-4,6,8-9,11,14-15,22H,5,7,10,12-13H2,1-2H3;3-5,8-9,12-14,21H,6-7,10-11H2,1-2H3;1H4. The Morgan fingerprint density at radius 1 is 0.457 bits per heavy atom. The molecule has 0 amide bonds. The average Bonchev–Trinajstić information content (AvgIpc) is 3.33. The lowest BCUT2D eigenvalue weighted by molar-refractivity contribution is 0.240. The van der Waals surface area contributed by atoms with Crippen molar-refractivity contribution in [2.24, 2.45) is 0 Å². The molecule has 0 unspecified atom stereocenters. The Bertz CT molecular complexity index is 2540. The predicted molar refractivity (Wildman–Crippen MR) is 294 cm³/mol. The summed E-state index contributed by atoms with van der Waals surface area (Å²) in [6, 6.07) is 44.5. The summed E-state index contributed by atoms with van der Waals surface area (Å²) in [5, 5.41) is 30.3. The zero-order chi connectivity index (χ0) is 48.7. The lowest BCUT2D eigenvalue weighted by atomic mass is 9.53. The number of rotatable bonds is 15. The third-order valence-electron chi connectivity index (χ3n) is 13.1. The van der Waals surface area contributed by atoms with Gasteiger partial charge in [0, 0.05) is 6.61 Å². The largest absolute Gasteiger partial charge is 0.491 e. The molecule has 9 rings (SSSR count). The second-order valence-electron chi connectivity index (χ2n) is 19.8. The highest BCUT2D eigenvalue weighted by Gasteiger charge is 2.25. The topological polar surface area (TPSA) is 97.6 Å². The summed E-state index contributed by atoms with van der Waals surface area (Å²) >= 11 is 0. The van der Waals surface area contributed by atoms with Crippen molar-refractivity contribution in [2.45, 2.75) is 151 Å². The second-order valence-corrected chi connectivity index (χ2v) is 19.8. The van der Waals surface area contributed by atoms with Crippen molar-refractivity contribution in [3.05, 3.63) is 177 Å². The Morgan fingerprint density at radius 2 is 0.929 bits per heavy atom. The Labute approximate surface area is 421 Å². The van der Waals surface area contributed by atoms with Crippen molar-refractivity contribution in [3.63, 3.8) is 0 Å². The van der Waals surface area contributed by atoms with Gasteiger partial charge in [0.25, 0.3) is 0 Å². The van der Waals surface area contributed by atoms with Crippen LogP contribution in [0.1, 0.15) is 112 Å². The highest BCUT2D eigenvalue weighted by molar-refractivity contribution is 6.67. The normalized spacial score (nSPS) is 13.8. The number of hydrogen-bond donors (Lipinski definition) is 3. The van der Waals surface area contributed by atoms with E-state index in [0.717, 1.165) is 117 Å². The molecule has 70 heavy (non-hydrogen) atoms. The van der Waals surface area contributed by atoms with Gasteiger partial charge in [0.1, 0.15) is 17.2 Å². The molecule has 0 fully saturated rings. The molecular formula is C60H77B3O7. The molecule has 0 aliphatic carbocycles. The van der Waals surface area contributed by atoms with Gasteiger partial charge < -0.3 is 33.9 Å². The fraction of sp³-hybridized carbons (Fsp3) is 0.400. The summed E-state index contributed by atoms with van der Waals surface area (Å²) in [5.41, 5.74) is 14.7. The summed E-state index contributed by atoms with van der Waals surface area (Å²) in [6.07, 6.45) is 13.5. The van der Waals surface area contributed by atoms with Crippen LogP contribution in [0.4, 0.5) is 0 Å². The van der Waals surface area contributed by atoms with Crippen molar-refractivity contribution in [3.8, 4) is 17.2 Å². The van der Waals surface area contributed by atoms with Gasteiger partial charge >= 0.3 is 20.9 Å². The zero-order valence-electron chi connectivity index (χ0n) is 42.0. The lowest BCUT2D eigenvalue weighted by Crippen LogP contribution is -2.41. The summed E-state index contributed by atoms with van der Waals surface area (Å²) in [6.45, 7) is 12.3. The van der Waals surface area contributed by atoms with Crippen LogP contribution in [-0.2, 0) is 62.4 Å². The summed E-state index contributed by atoms with van der Waals surface area (Å²) in [7, 11) is -0.776. The quantitative estimate of drug-likeness (QED) is 0.0883. The van der Waals surface area contributed by atoms with E-state index in [-0.39, 0.29) is 39.6 Å². The third kappa shape index (κ3) is 16.1. The SMILES string of the molecule is C.CC(C)Oc1ccc(CCc2ccc3c(c2)B(O)CCC3)cc1.CC(C)Oc1cccc(CCc2ccc3c(c2)B(O)OCC3)c1.CC(C)Oc1ccccc1CCc1ccc2c(c1)B(O)CCC2. The Morgan fingerprint density at radius 3 is 1.50 bits per heavy atom. The van der Waals surface area contributed by atoms with E-state index in [0.29, 0.717) is 6.61 Å². The molecule has 3 N–H and O–H groups in total. The van der Waals surface area contributed by atoms with Crippen molar-refractivity contribution in [1.29, 1.82) is 0 Å². The minimum atomic E-state index is -0.776. The fourth-order valence-electron chi connectivity index (χ4n) is 9.57. The number of aryl methyl sites for hydroxylation is 8. The van der Waals surface area contributed by atoms with E-state index in [1.165, 1.54) is 50.1 Å². The van der Waals surface area contributed by atoms with Crippen LogP contribution in [-0.4, -0.2) is 60.9 Å². The number of ether oxygens (including phenoxy) is 3. The number of hydrogen-bond acceptors (Lipinski definition) is 7. The minimum absolute atomic E-state index is 0. The smallest absolute Gasteiger partial charge is 0.491 e. The Kier molecular flexibility index (Phi) is 20.7. The highest BCUT2D eigenvalue weighted by atomic mass is 16.5. The molecule has 0 atom stereocenters. The monoisotopic (exact) mass is 943 g/mol. The molecule has 6 aromatic rings. The predicted octanol–water partition coefficient (Wildman–Crippen LogP) is 9.95. The van der Waals surface area contributed by atoms with Gasteiger partial charge in [-0.3, -0.25) is 0 Å². The van der Waals surface area contributed by atoms with Gasteiger partial charge in [0.05, 0.1) is 18.3 Å². The van der Waals surface area contributed by atoms with Crippen molar-refractivity contribution in [1.82, 2.24) is 0 Å². The maximum Gasteiger partial charge on any atom is 0.491 e. The van der Waals surface area contributed by atoms with Crippen molar-refractivity contribution in [2.75, 3.05) is 6.61 Å². The van der Waals surface area contributed by atoms with Crippen LogP contribution in [0.25, 0.3) is 0 Å². The first-order valence-corrected chi connectivity index (χ1v) is 25.6. The van der Waals surface area contributed by atoms with Crippen LogP contribution in [0.5, 0.6) is 17.2 Å². The minimum Gasteiger partial charge on any atom is -0.491 e. The molecule has 6 aromatic carbocycles. The van der Waals surface area contributed by atoms with E-state index in [1.807, 2.05) is 64.1 Å². The van der Waals surface area contributed by atoms with Gasteiger partial charge in [-0.05, 0) is 198 Å². The first-order valence-electron chi connectivity index (χ1n) is 25.6. The van der Waals surface area contributed by atoms with Crippen LogP contribution in [0.3, 0.4) is 0 Å². The van der Waals surface area contributed by atoms with E-state index >= 15 is 0 Å². The molecule has 3 aliphatic heterocycles. The summed E-state index contributed by atoms with van der Waals surface area (Å²) < 4.78 is 22.6. The number of fused-ring (bicyclic) bond motifs is 3. The van der Waals surface area contributed by atoms with E-state index in [9.17, 15) is 15.1 Å². The van der Waals surface area contributed by atoms with Crippen LogP contribution in [0.2, 0.25) is 12.6 Å². The van der Waals surface area contributed by atoms with Gasteiger partial charge in [0.2, 0.25) is 0 Å². The van der Waals surface area contributed by atoms with E-state index in [2.05, 4.69) is 105 Å². The first-order chi connectivity index (χ1) is 33.4. The van der Waals surface area contributed by atoms with Gasteiger partial charge in [-0.15, -0.1) is 0 Å². The molecule has 0 spiro atoms. The maximum atomic E-state index is 10.2. The highest BCUT2D eigenvalue weighted by Crippen LogP contribution is 2.23. The number of benzene rings is 6. The third-order valence-corrected chi connectivity index (χ3v) is 13.1. The Hall–Kier alpha value is -5.25. The van der Waals surface area contributed by atoms with Gasteiger partial charge in [-0.2, -0.15) is 0 Å². The van der Waals surface area contributed by atoms with Gasteiger partial charge in [0.15, 0.2) is 0 Å². The molecule has 0 bridgehead atoms. The summed E-state index contributed by atoms with van der Waals surface area (Å²) in [4.78, 5) is 0. The first kappa shape index (κ1) is 54.1. The lowest BCUT2D eigenvalue weighted by Gasteiger charge is -2.19. The zero-order valence-corrected chi connectivity index (χ0v) is 42.0.